The van der Waals surface area contributed by atoms with Gasteiger partial charge in [-0.05, 0) is 71.1 Å². The highest BCUT2D eigenvalue weighted by Gasteiger charge is 2.40. The molecule has 166 valence electrons. The first-order valence-electron chi connectivity index (χ1n) is 10.7. The van der Waals surface area contributed by atoms with E-state index in [1.807, 2.05) is 49.5 Å². The van der Waals surface area contributed by atoms with Crippen molar-refractivity contribution in [1.82, 2.24) is 0 Å². The van der Waals surface area contributed by atoms with E-state index < -0.39 is 0 Å². The molecule has 0 spiro atoms. The minimum Gasteiger partial charge on any atom is -0.508 e. The Labute approximate surface area is 205 Å². The Kier molecular flexibility index (Phi) is 5.08. The Bertz CT molecular complexity index is 1510. The van der Waals surface area contributed by atoms with Crippen molar-refractivity contribution >= 4 is 62.4 Å². The molecule has 0 bridgehead atoms. The second-order valence-electron chi connectivity index (χ2n) is 7.95. The Morgan fingerprint density at radius 2 is 1.56 bits per heavy atom. The van der Waals surface area contributed by atoms with Gasteiger partial charge in [0, 0.05) is 11.9 Å². The van der Waals surface area contributed by atoms with Crippen LogP contribution in [0.3, 0.4) is 0 Å². The molecule has 4 aromatic rings. The molecule has 0 atom stereocenters. The number of rotatable bonds is 2. The van der Waals surface area contributed by atoms with Crippen LogP contribution in [0, 0.1) is 0 Å². The summed E-state index contributed by atoms with van der Waals surface area (Å²) < 4.78 is 0. The van der Waals surface area contributed by atoms with Gasteiger partial charge in [-0.25, -0.2) is 4.99 Å². The van der Waals surface area contributed by atoms with E-state index in [4.69, 9.17) is 4.99 Å². The van der Waals surface area contributed by atoms with E-state index in [1.165, 1.54) is 11.8 Å². The minimum atomic E-state index is -0.127. The zero-order valence-corrected chi connectivity index (χ0v) is 19.8. The summed E-state index contributed by atoms with van der Waals surface area (Å²) in [4.78, 5) is 24.1. The molecule has 0 unspecified atom stereocenters. The van der Waals surface area contributed by atoms with E-state index in [0.29, 0.717) is 15.8 Å². The van der Waals surface area contributed by atoms with Gasteiger partial charge in [0.25, 0.3) is 5.91 Å². The van der Waals surface area contributed by atoms with Crippen molar-refractivity contribution in [2.45, 2.75) is 4.90 Å². The Hall–Kier alpha value is -3.68. The lowest BCUT2D eigenvalue weighted by Crippen LogP contribution is -2.29. The number of para-hydroxylation sites is 1. The van der Waals surface area contributed by atoms with Gasteiger partial charge >= 0.3 is 0 Å². The van der Waals surface area contributed by atoms with E-state index in [1.54, 1.807) is 40.9 Å². The van der Waals surface area contributed by atoms with Crippen LogP contribution in [-0.4, -0.2) is 23.2 Å². The first-order valence-corrected chi connectivity index (χ1v) is 12.4. The number of carbonyl (C=O) groups is 1. The lowest BCUT2D eigenvalue weighted by molar-refractivity contribution is -0.113. The fourth-order valence-corrected chi connectivity index (χ4v) is 6.41. The molecule has 1 fully saturated rings. The third-order valence-electron chi connectivity index (χ3n) is 5.78. The number of amidine groups is 1. The van der Waals surface area contributed by atoms with Crippen molar-refractivity contribution < 1.29 is 9.90 Å². The molecule has 5 nitrogen and oxygen atoms in total. The molecule has 0 radical (unpaired) electrons. The van der Waals surface area contributed by atoms with Gasteiger partial charge in [-0.2, -0.15) is 0 Å². The van der Waals surface area contributed by atoms with Crippen LogP contribution in [0.2, 0.25) is 0 Å². The van der Waals surface area contributed by atoms with Crippen molar-refractivity contribution in [3.63, 3.8) is 0 Å². The van der Waals surface area contributed by atoms with E-state index in [0.717, 1.165) is 32.1 Å². The number of phenols is 1. The van der Waals surface area contributed by atoms with Crippen LogP contribution in [0.1, 0.15) is 0 Å². The Balaban J connectivity index is 1.47. The number of amides is 1. The number of nitrogens with zero attached hydrogens (tertiary/aromatic N) is 3. The maximum Gasteiger partial charge on any atom is 0.274 e. The molecule has 2 heterocycles. The summed E-state index contributed by atoms with van der Waals surface area (Å²) in [5.74, 6) is 0.0218. The number of fused-ring (bicyclic) bond motifs is 2. The number of aromatic hydroxyl groups is 1. The third-order valence-corrected chi connectivity index (χ3v) is 8.17. The number of thioether (sulfide) groups is 2. The molecular weight excluding hydrogens is 462 g/mol. The van der Waals surface area contributed by atoms with Crippen LogP contribution in [0.25, 0.3) is 10.8 Å². The van der Waals surface area contributed by atoms with Crippen molar-refractivity contribution in [3.8, 4) is 5.75 Å². The first-order chi connectivity index (χ1) is 16.6. The minimum absolute atomic E-state index is 0.127. The summed E-state index contributed by atoms with van der Waals surface area (Å²) in [6, 6.07) is 28.9. The number of benzene rings is 4. The smallest absolute Gasteiger partial charge is 0.274 e. The summed E-state index contributed by atoms with van der Waals surface area (Å²) >= 11 is 2.98. The quantitative estimate of drug-likeness (QED) is 0.322. The van der Waals surface area contributed by atoms with E-state index >= 15 is 0 Å². The highest BCUT2D eigenvalue weighted by atomic mass is 32.2. The van der Waals surface area contributed by atoms with Crippen LogP contribution in [0.5, 0.6) is 5.75 Å². The van der Waals surface area contributed by atoms with Gasteiger partial charge in [-0.1, -0.05) is 54.2 Å². The maximum absolute atomic E-state index is 13.8. The van der Waals surface area contributed by atoms with E-state index in [-0.39, 0.29) is 11.7 Å². The van der Waals surface area contributed by atoms with Crippen molar-refractivity contribution in [3.05, 3.63) is 101 Å². The summed E-state index contributed by atoms with van der Waals surface area (Å²) in [5.41, 5.74) is 2.52. The van der Waals surface area contributed by atoms with Crippen LogP contribution in [-0.2, 0) is 4.79 Å². The standard InChI is InChI=1S/C27H19N3O2S2/c1-29-22-8-4-5-9-23(22)33-26(29)24-25(32)30(20-12-14-21(31)15-13-20)27(34-24)28-19-11-10-17-6-2-3-7-18(17)16-19/h2-16,31H,1H3. The number of hydrogen-bond donors (Lipinski definition) is 1. The molecule has 0 aromatic heterocycles. The lowest BCUT2D eigenvalue weighted by Gasteiger charge is -2.17. The largest absolute Gasteiger partial charge is 0.508 e. The Morgan fingerprint density at radius 1 is 0.824 bits per heavy atom. The predicted octanol–water partition coefficient (Wildman–Crippen LogP) is 6.72. The summed E-state index contributed by atoms with van der Waals surface area (Å²) in [6.07, 6.45) is 0. The molecule has 7 heteroatoms. The van der Waals surface area contributed by atoms with E-state index in [2.05, 4.69) is 29.2 Å². The van der Waals surface area contributed by atoms with E-state index in [9.17, 15) is 9.90 Å². The molecule has 2 aliphatic heterocycles. The van der Waals surface area contributed by atoms with Gasteiger partial charge in [0.2, 0.25) is 0 Å². The molecule has 0 saturated carbocycles. The van der Waals surface area contributed by atoms with Crippen LogP contribution in [0.4, 0.5) is 17.1 Å². The summed E-state index contributed by atoms with van der Waals surface area (Å²) in [6.45, 7) is 0. The molecule has 1 amide bonds. The second kappa shape index (κ2) is 8.27. The molecule has 1 N–H and O–H groups in total. The molecule has 1 saturated heterocycles. The number of hydrogen-bond acceptors (Lipinski definition) is 6. The van der Waals surface area contributed by atoms with Gasteiger partial charge in [0.05, 0.1) is 22.1 Å². The molecule has 2 aliphatic rings. The number of phenolic OH excluding ortho intramolecular Hbond substituents is 1. The monoisotopic (exact) mass is 481 g/mol. The first kappa shape index (κ1) is 20.9. The number of anilines is 2. The Morgan fingerprint density at radius 3 is 2.35 bits per heavy atom. The van der Waals surface area contributed by atoms with Gasteiger partial charge in [0.1, 0.15) is 10.7 Å². The zero-order chi connectivity index (χ0) is 23.2. The predicted molar refractivity (Wildman–Crippen MR) is 142 cm³/mol. The average Bonchev–Trinajstić information content (AvgIpc) is 3.36. The fourth-order valence-electron chi connectivity index (χ4n) is 4.06. The zero-order valence-electron chi connectivity index (χ0n) is 18.2. The molecule has 34 heavy (non-hydrogen) atoms. The normalized spacial score (nSPS) is 18.9. The molecule has 6 rings (SSSR count). The SMILES string of the molecule is CN1C(=C2SC(=Nc3ccc4ccccc4c3)N(c3ccc(O)cc3)C2=O)Sc2ccccc21. The van der Waals surface area contributed by atoms with Gasteiger partial charge in [0.15, 0.2) is 5.17 Å². The summed E-state index contributed by atoms with van der Waals surface area (Å²) in [5, 5.41) is 13.5. The van der Waals surface area contributed by atoms with Crippen molar-refractivity contribution in [1.29, 1.82) is 0 Å². The molecular formula is C27H19N3O2S2. The highest BCUT2D eigenvalue weighted by molar-refractivity contribution is 8.20. The fraction of sp³-hybridized carbons (Fsp3) is 0.0370. The second-order valence-corrected chi connectivity index (χ2v) is 9.96. The van der Waals surface area contributed by atoms with Crippen LogP contribution < -0.4 is 9.80 Å². The van der Waals surface area contributed by atoms with Gasteiger partial charge < -0.3 is 10.0 Å². The average molecular weight is 482 g/mol. The molecule has 0 aliphatic carbocycles. The van der Waals surface area contributed by atoms with Gasteiger partial charge in [-0.15, -0.1) is 0 Å². The van der Waals surface area contributed by atoms with Gasteiger partial charge in [-0.3, -0.25) is 9.69 Å². The topological polar surface area (TPSA) is 56.1 Å². The highest BCUT2D eigenvalue weighted by Crippen LogP contribution is 2.50. The number of aliphatic imine (C=N–C) groups is 1. The van der Waals surface area contributed by atoms with Crippen LogP contribution in [0.15, 0.2) is 111 Å². The maximum atomic E-state index is 13.8. The third kappa shape index (κ3) is 3.54. The van der Waals surface area contributed by atoms with Crippen molar-refractivity contribution in [2.24, 2.45) is 4.99 Å². The summed E-state index contributed by atoms with van der Waals surface area (Å²) in [7, 11) is 1.98. The van der Waals surface area contributed by atoms with Crippen molar-refractivity contribution in [2.75, 3.05) is 16.8 Å². The van der Waals surface area contributed by atoms with Crippen LogP contribution >= 0.6 is 23.5 Å². The number of carbonyl (C=O) groups excluding carboxylic acids is 1. The molecule has 4 aromatic carbocycles. The lowest BCUT2D eigenvalue weighted by atomic mass is 10.1.